The number of hydrogen-bond acceptors (Lipinski definition) is 4. The molecule has 0 saturated heterocycles. The summed E-state index contributed by atoms with van der Waals surface area (Å²) in [5, 5.41) is 0. The van der Waals surface area contributed by atoms with Crippen LogP contribution in [0.5, 0.6) is 0 Å². The molecule has 0 saturated carbocycles. The van der Waals surface area contributed by atoms with E-state index in [-0.39, 0.29) is 24.3 Å². The fourth-order valence-electron chi connectivity index (χ4n) is 1.88. The number of carbonyl (C=O) groups is 2. The minimum atomic E-state index is -0.548. The van der Waals surface area contributed by atoms with Gasteiger partial charge >= 0.3 is 5.97 Å². The van der Waals surface area contributed by atoms with Gasteiger partial charge in [0, 0.05) is 6.54 Å². The van der Waals surface area contributed by atoms with Crippen molar-refractivity contribution in [1.82, 2.24) is 4.90 Å². The van der Waals surface area contributed by atoms with Gasteiger partial charge in [0.2, 0.25) is 5.91 Å². The van der Waals surface area contributed by atoms with Gasteiger partial charge in [-0.05, 0) is 25.2 Å². The standard InChI is InChI=1S/C14H28N2O3/c1-6-19-13(17)9-16(8-11(4)5)14(18)12(15)7-10(2)3/h10-12H,6-9,15H2,1-5H3/t12-/m1/s1. The molecule has 0 aliphatic heterocycles. The molecule has 0 aliphatic carbocycles. The van der Waals surface area contributed by atoms with E-state index < -0.39 is 6.04 Å². The SMILES string of the molecule is CCOC(=O)CN(CC(C)C)C(=O)[C@H](N)CC(C)C. The normalized spacial score (nSPS) is 12.6. The quantitative estimate of drug-likeness (QED) is 0.678. The lowest BCUT2D eigenvalue weighted by molar-refractivity contribution is -0.149. The average molecular weight is 272 g/mol. The molecule has 0 spiro atoms. The summed E-state index contributed by atoms with van der Waals surface area (Å²) in [4.78, 5) is 25.3. The van der Waals surface area contributed by atoms with E-state index in [1.54, 1.807) is 6.92 Å². The average Bonchev–Trinajstić information content (AvgIpc) is 2.25. The lowest BCUT2D eigenvalue weighted by Crippen LogP contribution is -2.48. The summed E-state index contributed by atoms with van der Waals surface area (Å²) < 4.78 is 4.89. The van der Waals surface area contributed by atoms with E-state index in [9.17, 15) is 9.59 Å². The van der Waals surface area contributed by atoms with Gasteiger partial charge in [-0.3, -0.25) is 9.59 Å². The van der Waals surface area contributed by atoms with Gasteiger partial charge in [0.15, 0.2) is 0 Å². The zero-order valence-corrected chi connectivity index (χ0v) is 12.8. The predicted octanol–water partition coefficient (Wildman–Crippen LogP) is 1.41. The first-order chi connectivity index (χ1) is 8.77. The maximum atomic E-state index is 12.2. The van der Waals surface area contributed by atoms with Crippen molar-refractivity contribution in [3.63, 3.8) is 0 Å². The predicted molar refractivity (Wildman–Crippen MR) is 75.5 cm³/mol. The maximum Gasteiger partial charge on any atom is 0.325 e. The fourth-order valence-corrected chi connectivity index (χ4v) is 1.88. The summed E-state index contributed by atoms with van der Waals surface area (Å²) in [6.07, 6.45) is 0.621. The van der Waals surface area contributed by atoms with Crippen molar-refractivity contribution in [2.24, 2.45) is 17.6 Å². The Morgan fingerprint density at radius 3 is 2.16 bits per heavy atom. The third kappa shape index (κ3) is 7.82. The first kappa shape index (κ1) is 17.9. The second-order valence-electron chi connectivity index (χ2n) is 5.65. The molecule has 0 heterocycles. The molecule has 112 valence electrons. The highest BCUT2D eigenvalue weighted by Crippen LogP contribution is 2.08. The summed E-state index contributed by atoms with van der Waals surface area (Å²) in [5.74, 6) is 0.0794. The van der Waals surface area contributed by atoms with Gasteiger partial charge in [-0.15, -0.1) is 0 Å². The van der Waals surface area contributed by atoms with Gasteiger partial charge in [0.25, 0.3) is 0 Å². The van der Waals surface area contributed by atoms with Crippen LogP contribution in [0.25, 0.3) is 0 Å². The third-order valence-corrected chi connectivity index (χ3v) is 2.57. The van der Waals surface area contributed by atoms with Crippen LogP contribution in [0.1, 0.15) is 41.0 Å². The Kier molecular flexibility index (Phi) is 8.39. The summed E-state index contributed by atoms with van der Waals surface area (Å²) in [5.41, 5.74) is 5.90. The molecule has 0 fully saturated rings. The molecule has 0 aliphatic rings. The zero-order valence-electron chi connectivity index (χ0n) is 12.8. The van der Waals surface area contributed by atoms with Crippen LogP contribution < -0.4 is 5.73 Å². The molecule has 5 nitrogen and oxygen atoms in total. The molecule has 2 N–H and O–H groups in total. The molecule has 1 atom stereocenters. The molecular weight excluding hydrogens is 244 g/mol. The number of ether oxygens (including phenoxy) is 1. The Morgan fingerprint density at radius 1 is 1.16 bits per heavy atom. The van der Waals surface area contributed by atoms with E-state index >= 15 is 0 Å². The molecule has 0 rings (SSSR count). The Bertz CT molecular complexity index is 290. The third-order valence-electron chi connectivity index (χ3n) is 2.57. The molecule has 0 aromatic carbocycles. The fraction of sp³-hybridized carbons (Fsp3) is 0.857. The number of nitrogens with two attached hydrogens (primary N) is 1. The largest absolute Gasteiger partial charge is 0.465 e. The second kappa shape index (κ2) is 8.91. The van der Waals surface area contributed by atoms with Gasteiger partial charge in [-0.1, -0.05) is 27.7 Å². The molecule has 1 amide bonds. The Morgan fingerprint density at radius 2 is 1.74 bits per heavy atom. The second-order valence-corrected chi connectivity index (χ2v) is 5.65. The smallest absolute Gasteiger partial charge is 0.325 e. The summed E-state index contributed by atoms with van der Waals surface area (Å²) in [7, 11) is 0. The van der Waals surface area contributed by atoms with Crippen molar-refractivity contribution in [2.45, 2.75) is 47.1 Å². The van der Waals surface area contributed by atoms with Crippen LogP contribution in [-0.4, -0.2) is 42.5 Å². The Labute approximate surface area is 116 Å². The van der Waals surface area contributed by atoms with E-state index in [4.69, 9.17) is 10.5 Å². The van der Waals surface area contributed by atoms with E-state index in [1.165, 1.54) is 4.90 Å². The van der Waals surface area contributed by atoms with Crippen LogP contribution in [0.4, 0.5) is 0 Å². The Hall–Kier alpha value is -1.10. The molecular formula is C14H28N2O3. The van der Waals surface area contributed by atoms with Crippen molar-refractivity contribution < 1.29 is 14.3 Å². The van der Waals surface area contributed by atoms with Gasteiger partial charge in [-0.25, -0.2) is 0 Å². The van der Waals surface area contributed by atoms with Crippen molar-refractivity contribution in [1.29, 1.82) is 0 Å². The maximum absolute atomic E-state index is 12.2. The van der Waals surface area contributed by atoms with Gasteiger partial charge in [-0.2, -0.15) is 0 Å². The topological polar surface area (TPSA) is 72.6 Å². The molecule has 19 heavy (non-hydrogen) atoms. The van der Waals surface area contributed by atoms with E-state index in [2.05, 4.69) is 0 Å². The van der Waals surface area contributed by atoms with E-state index in [0.717, 1.165) is 0 Å². The first-order valence-electron chi connectivity index (χ1n) is 6.97. The molecule has 5 heteroatoms. The highest BCUT2D eigenvalue weighted by Gasteiger charge is 2.24. The highest BCUT2D eigenvalue weighted by molar-refractivity contribution is 5.85. The van der Waals surface area contributed by atoms with Gasteiger partial charge in [0.1, 0.15) is 6.54 Å². The molecule has 0 bridgehead atoms. The van der Waals surface area contributed by atoms with Gasteiger partial charge < -0.3 is 15.4 Å². The molecule has 0 radical (unpaired) electrons. The van der Waals surface area contributed by atoms with Crippen molar-refractivity contribution >= 4 is 11.9 Å². The van der Waals surface area contributed by atoms with Crippen molar-refractivity contribution in [2.75, 3.05) is 19.7 Å². The monoisotopic (exact) mass is 272 g/mol. The molecule has 0 unspecified atom stereocenters. The summed E-state index contributed by atoms with van der Waals surface area (Å²) >= 11 is 0. The van der Waals surface area contributed by atoms with Crippen molar-refractivity contribution in [3.05, 3.63) is 0 Å². The number of nitrogens with zero attached hydrogens (tertiary/aromatic N) is 1. The minimum Gasteiger partial charge on any atom is -0.465 e. The number of hydrogen-bond donors (Lipinski definition) is 1. The molecule has 0 aromatic heterocycles. The van der Waals surface area contributed by atoms with Crippen LogP contribution in [0.15, 0.2) is 0 Å². The lowest BCUT2D eigenvalue weighted by Gasteiger charge is -2.27. The Balaban J connectivity index is 4.63. The van der Waals surface area contributed by atoms with Crippen molar-refractivity contribution in [3.8, 4) is 0 Å². The van der Waals surface area contributed by atoms with Crippen LogP contribution in [-0.2, 0) is 14.3 Å². The zero-order chi connectivity index (χ0) is 15.0. The van der Waals surface area contributed by atoms with Crippen LogP contribution >= 0.6 is 0 Å². The number of esters is 1. The van der Waals surface area contributed by atoms with Crippen LogP contribution in [0, 0.1) is 11.8 Å². The number of rotatable bonds is 8. The first-order valence-corrected chi connectivity index (χ1v) is 6.97. The van der Waals surface area contributed by atoms with Crippen LogP contribution in [0.3, 0.4) is 0 Å². The number of carbonyl (C=O) groups excluding carboxylic acids is 2. The minimum absolute atomic E-state index is 0.0172. The van der Waals surface area contributed by atoms with Gasteiger partial charge in [0.05, 0.1) is 12.6 Å². The summed E-state index contributed by atoms with van der Waals surface area (Å²) in [6.45, 7) is 10.6. The molecule has 0 aromatic rings. The van der Waals surface area contributed by atoms with E-state index in [1.807, 2.05) is 27.7 Å². The summed E-state index contributed by atoms with van der Waals surface area (Å²) in [6, 6.07) is -0.548. The lowest BCUT2D eigenvalue weighted by atomic mass is 10.0. The highest BCUT2D eigenvalue weighted by atomic mass is 16.5. The van der Waals surface area contributed by atoms with Crippen LogP contribution in [0.2, 0.25) is 0 Å². The van der Waals surface area contributed by atoms with E-state index in [0.29, 0.717) is 25.5 Å². The number of amides is 1.